The fraction of sp³-hybridized carbons (Fsp3) is 0.455. The second-order valence-electron chi connectivity index (χ2n) is 8.53. The summed E-state index contributed by atoms with van der Waals surface area (Å²) in [6.45, 7) is 18.3. The molecule has 0 unspecified atom stereocenters. The lowest BCUT2D eigenvalue weighted by molar-refractivity contribution is 0.569. The van der Waals surface area contributed by atoms with Crippen molar-refractivity contribution in [2.24, 2.45) is 0 Å². The molecular weight excluding hydrogens is 264 g/mol. The molecule has 0 amide bonds. The Hall–Kier alpha value is -1.56. The van der Waals surface area contributed by atoms with E-state index < -0.39 is 0 Å². The first-order chi connectivity index (χ1) is 10.0. The Kier molecular flexibility index (Phi) is 4.26. The van der Waals surface area contributed by atoms with Crippen molar-refractivity contribution < 1.29 is 0 Å². The van der Waals surface area contributed by atoms with Gasteiger partial charge in [0, 0.05) is 0 Å². The van der Waals surface area contributed by atoms with Crippen LogP contribution in [0, 0.1) is 13.8 Å². The van der Waals surface area contributed by atoms with Gasteiger partial charge in [-0.3, -0.25) is 0 Å². The van der Waals surface area contributed by atoms with Gasteiger partial charge in [-0.15, -0.1) is 0 Å². The normalized spacial score (nSPS) is 12.5. The molecular formula is C22H30. The van der Waals surface area contributed by atoms with Crippen LogP contribution in [0.4, 0.5) is 0 Å². The minimum atomic E-state index is 0.129. The summed E-state index contributed by atoms with van der Waals surface area (Å²) >= 11 is 0. The lowest BCUT2D eigenvalue weighted by atomic mass is 9.75. The van der Waals surface area contributed by atoms with Crippen molar-refractivity contribution >= 4 is 0 Å². The maximum atomic E-state index is 2.43. The van der Waals surface area contributed by atoms with E-state index in [1.54, 1.807) is 0 Å². The van der Waals surface area contributed by atoms with Crippen molar-refractivity contribution in [3.63, 3.8) is 0 Å². The van der Waals surface area contributed by atoms with Crippen LogP contribution in [-0.2, 0) is 10.8 Å². The summed E-state index contributed by atoms with van der Waals surface area (Å²) in [5.74, 6) is 0. The van der Waals surface area contributed by atoms with E-state index in [2.05, 4.69) is 91.8 Å². The van der Waals surface area contributed by atoms with Gasteiger partial charge in [0.15, 0.2) is 0 Å². The van der Waals surface area contributed by atoms with Crippen molar-refractivity contribution in [3.8, 4) is 11.1 Å². The molecule has 0 aliphatic rings. The zero-order chi connectivity index (χ0) is 16.7. The summed E-state index contributed by atoms with van der Waals surface area (Å²) < 4.78 is 0. The van der Waals surface area contributed by atoms with E-state index in [1.165, 1.54) is 33.4 Å². The van der Waals surface area contributed by atoms with Gasteiger partial charge in [0.05, 0.1) is 0 Å². The van der Waals surface area contributed by atoms with Crippen molar-refractivity contribution in [1.29, 1.82) is 0 Å². The van der Waals surface area contributed by atoms with E-state index >= 15 is 0 Å². The van der Waals surface area contributed by atoms with Crippen LogP contribution in [0.3, 0.4) is 0 Å². The quantitative estimate of drug-likeness (QED) is 0.558. The van der Waals surface area contributed by atoms with Crippen LogP contribution in [0.1, 0.15) is 63.8 Å². The van der Waals surface area contributed by atoms with Crippen LogP contribution < -0.4 is 0 Å². The summed E-state index contributed by atoms with van der Waals surface area (Å²) in [5, 5.41) is 0. The van der Waals surface area contributed by atoms with Gasteiger partial charge in [-0.05, 0) is 58.1 Å². The van der Waals surface area contributed by atoms with Crippen LogP contribution in [-0.4, -0.2) is 0 Å². The largest absolute Gasteiger partial charge is 0.0620 e. The Morgan fingerprint density at radius 1 is 0.682 bits per heavy atom. The standard InChI is InChI=1S/C22H30/c1-15-11-9-10-12-18(15)20-16(2)13-17(21(3,4)5)14-19(20)22(6,7)8/h9-14H,1-8H3. The third-order valence-electron chi connectivity index (χ3n) is 4.42. The Morgan fingerprint density at radius 3 is 1.77 bits per heavy atom. The van der Waals surface area contributed by atoms with E-state index in [-0.39, 0.29) is 10.8 Å². The maximum Gasteiger partial charge on any atom is -0.0114 e. The highest BCUT2D eigenvalue weighted by molar-refractivity contribution is 5.75. The first-order valence-electron chi connectivity index (χ1n) is 8.23. The molecule has 2 aromatic carbocycles. The summed E-state index contributed by atoms with van der Waals surface area (Å²) in [7, 11) is 0. The highest BCUT2D eigenvalue weighted by Gasteiger charge is 2.24. The lowest BCUT2D eigenvalue weighted by Crippen LogP contribution is -2.18. The summed E-state index contributed by atoms with van der Waals surface area (Å²) in [4.78, 5) is 0. The van der Waals surface area contributed by atoms with Gasteiger partial charge >= 0.3 is 0 Å². The molecule has 118 valence electrons. The van der Waals surface area contributed by atoms with E-state index in [1.807, 2.05) is 0 Å². The number of rotatable bonds is 1. The molecule has 0 heterocycles. The third-order valence-corrected chi connectivity index (χ3v) is 4.42. The van der Waals surface area contributed by atoms with Crippen LogP contribution in [0.5, 0.6) is 0 Å². The molecule has 0 saturated heterocycles. The number of benzene rings is 2. The van der Waals surface area contributed by atoms with Crippen molar-refractivity contribution in [2.75, 3.05) is 0 Å². The molecule has 22 heavy (non-hydrogen) atoms. The zero-order valence-electron chi connectivity index (χ0n) is 15.5. The molecule has 2 rings (SSSR count). The molecule has 0 aliphatic heterocycles. The predicted molar refractivity (Wildman–Crippen MR) is 98.8 cm³/mol. The second-order valence-corrected chi connectivity index (χ2v) is 8.53. The van der Waals surface area contributed by atoms with Crippen LogP contribution in [0.2, 0.25) is 0 Å². The molecule has 0 aromatic heterocycles. The molecule has 0 aliphatic carbocycles. The second kappa shape index (κ2) is 5.57. The maximum absolute atomic E-state index is 2.43. The number of aryl methyl sites for hydroxylation is 2. The summed E-state index contributed by atoms with van der Waals surface area (Å²) in [6, 6.07) is 13.5. The van der Waals surface area contributed by atoms with Crippen LogP contribution >= 0.6 is 0 Å². The molecule has 0 heteroatoms. The highest BCUT2D eigenvalue weighted by Crippen LogP contribution is 2.39. The number of hydrogen-bond donors (Lipinski definition) is 0. The van der Waals surface area contributed by atoms with Crippen molar-refractivity contribution in [2.45, 2.75) is 66.2 Å². The van der Waals surface area contributed by atoms with E-state index in [9.17, 15) is 0 Å². The van der Waals surface area contributed by atoms with E-state index in [0.717, 1.165) is 0 Å². The summed E-state index contributed by atoms with van der Waals surface area (Å²) in [5.41, 5.74) is 8.69. The van der Waals surface area contributed by atoms with Gasteiger partial charge in [0.2, 0.25) is 0 Å². The average molecular weight is 294 g/mol. The monoisotopic (exact) mass is 294 g/mol. The molecule has 0 N–H and O–H groups in total. The number of hydrogen-bond acceptors (Lipinski definition) is 0. The highest BCUT2D eigenvalue weighted by atomic mass is 14.3. The van der Waals surface area contributed by atoms with Crippen molar-refractivity contribution in [3.05, 3.63) is 58.7 Å². The van der Waals surface area contributed by atoms with Gasteiger partial charge in [-0.2, -0.15) is 0 Å². The van der Waals surface area contributed by atoms with Crippen LogP contribution in [0.15, 0.2) is 36.4 Å². The Morgan fingerprint density at radius 2 is 1.27 bits per heavy atom. The van der Waals surface area contributed by atoms with E-state index in [4.69, 9.17) is 0 Å². The Bertz CT molecular complexity index is 676. The van der Waals surface area contributed by atoms with Gasteiger partial charge in [0.25, 0.3) is 0 Å². The molecule has 2 aromatic rings. The first-order valence-corrected chi connectivity index (χ1v) is 8.23. The topological polar surface area (TPSA) is 0 Å². The average Bonchev–Trinajstić information content (AvgIpc) is 2.37. The molecule has 0 nitrogen and oxygen atoms in total. The minimum Gasteiger partial charge on any atom is -0.0620 e. The summed E-state index contributed by atoms with van der Waals surface area (Å²) in [6.07, 6.45) is 0. The predicted octanol–water partition coefficient (Wildman–Crippen LogP) is 6.57. The van der Waals surface area contributed by atoms with Gasteiger partial charge < -0.3 is 0 Å². The fourth-order valence-electron chi connectivity index (χ4n) is 3.02. The van der Waals surface area contributed by atoms with Crippen LogP contribution in [0.25, 0.3) is 11.1 Å². The first kappa shape index (κ1) is 16.8. The zero-order valence-corrected chi connectivity index (χ0v) is 15.5. The Labute approximate surface area is 136 Å². The Balaban J connectivity index is 2.82. The molecule has 0 fully saturated rings. The van der Waals surface area contributed by atoms with Gasteiger partial charge in [-0.1, -0.05) is 77.9 Å². The lowest BCUT2D eigenvalue weighted by Gasteiger charge is -2.29. The fourth-order valence-corrected chi connectivity index (χ4v) is 3.02. The SMILES string of the molecule is Cc1ccccc1-c1c(C)cc(C(C)(C)C)cc1C(C)(C)C. The smallest absolute Gasteiger partial charge is 0.0114 e. The molecule has 0 saturated carbocycles. The minimum absolute atomic E-state index is 0.129. The molecule has 0 atom stereocenters. The molecule has 0 radical (unpaired) electrons. The van der Waals surface area contributed by atoms with Gasteiger partial charge in [0.1, 0.15) is 0 Å². The van der Waals surface area contributed by atoms with Gasteiger partial charge in [-0.25, -0.2) is 0 Å². The van der Waals surface area contributed by atoms with E-state index in [0.29, 0.717) is 0 Å². The molecule has 0 spiro atoms. The van der Waals surface area contributed by atoms with Crippen molar-refractivity contribution in [1.82, 2.24) is 0 Å². The third kappa shape index (κ3) is 3.27. The molecule has 0 bridgehead atoms.